The molecule has 15 heavy (non-hydrogen) atoms. The van der Waals surface area contributed by atoms with Crippen LogP contribution in [0.1, 0.15) is 46.5 Å². The van der Waals surface area contributed by atoms with Crippen LogP contribution in [-0.4, -0.2) is 23.0 Å². The van der Waals surface area contributed by atoms with Crippen molar-refractivity contribution in [3.63, 3.8) is 0 Å². The highest BCUT2D eigenvalue weighted by Gasteiger charge is 2.21. The second-order valence-corrected chi connectivity index (χ2v) is 3.97. The van der Waals surface area contributed by atoms with Crippen molar-refractivity contribution in [1.29, 1.82) is 0 Å². The maximum absolute atomic E-state index is 11.3. The second kappa shape index (κ2) is 7.26. The molecule has 1 amide bonds. The fourth-order valence-corrected chi connectivity index (χ4v) is 1.25. The van der Waals surface area contributed by atoms with Crippen molar-refractivity contribution in [3.05, 3.63) is 0 Å². The molecular weight excluding hydrogens is 194 g/mol. The summed E-state index contributed by atoms with van der Waals surface area (Å²) in [5, 5.41) is 11.3. The maximum atomic E-state index is 11.3. The molecule has 0 spiro atoms. The van der Waals surface area contributed by atoms with Gasteiger partial charge in [-0.05, 0) is 20.3 Å². The average Bonchev–Trinajstić information content (AvgIpc) is 2.16. The molecule has 88 valence electrons. The van der Waals surface area contributed by atoms with Crippen molar-refractivity contribution in [2.75, 3.05) is 0 Å². The van der Waals surface area contributed by atoms with Crippen molar-refractivity contribution in [3.8, 4) is 0 Å². The molecule has 4 nitrogen and oxygen atoms in total. The normalized spacial score (nSPS) is 14.3. The Morgan fingerprint density at radius 3 is 2.33 bits per heavy atom. The molecule has 0 aromatic rings. The molecule has 0 aliphatic carbocycles. The number of carboxylic acids is 1. The lowest BCUT2D eigenvalue weighted by Crippen LogP contribution is -2.39. The first-order valence-electron chi connectivity index (χ1n) is 5.52. The zero-order valence-electron chi connectivity index (χ0n) is 9.75. The van der Waals surface area contributed by atoms with Gasteiger partial charge >= 0.3 is 5.97 Å². The molecule has 0 aliphatic rings. The Bertz CT molecular complexity index is 216. The van der Waals surface area contributed by atoms with E-state index < -0.39 is 17.8 Å². The van der Waals surface area contributed by atoms with Crippen molar-refractivity contribution in [2.24, 2.45) is 5.92 Å². The number of carbonyl (C=O) groups excluding carboxylic acids is 1. The van der Waals surface area contributed by atoms with E-state index in [1.807, 2.05) is 6.92 Å². The van der Waals surface area contributed by atoms with Gasteiger partial charge in [-0.25, -0.2) is 0 Å². The van der Waals surface area contributed by atoms with Gasteiger partial charge in [-0.15, -0.1) is 0 Å². The molecule has 0 fully saturated rings. The standard InChI is InChI=1S/C11H21NO3/c1-4-5-6-7-8(2)12-10(13)9(3)11(14)15/h8-9H,4-7H2,1-3H3,(H,12,13)(H,14,15). The van der Waals surface area contributed by atoms with Crippen molar-refractivity contribution in [1.82, 2.24) is 5.32 Å². The maximum Gasteiger partial charge on any atom is 0.315 e. The summed E-state index contributed by atoms with van der Waals surface area (Å²) in [6, 6.07) is 0.0610. The molecule has 0 saturated heterocycles. The molecule has 0 aromatic carbocycles. The first-order chi connectivity index (χ1) is 6.99. The van der Waals surface area contributed by atoms with E-state index in [-0.39, 0.29) is 6.04 Å². The molecule has 2 atom stereocenters. The van der Waals surface area contributed by atoms with Gasteiger partial charge < -0.3 is 10.4 Å². The lowest BCUT2D eigenvalue weighted by Gasteiger charge is -2.15. The Kier molecular flexibility index (Phi) is 6.75. The summed E-state index contributed by atoms with van der Waals surface area (Å²) in [6.45, 7) is 5.42. The third-order valence-electron chi connectivity index (χ3n) is 2.39. The molecular formula is C11H21NO3. The molecule has 4 heteroatoms. The monoisotopic (exact) mass is 215 g/mol. The molecule has 0 bridgehead atoms. The lowest BCUT2D eigenvalue weighted by molar-refractivity contribution is -0.146. The van der Waals surface area contributed by atoms with Gasteiger partial charge in [0.2, 0.25) is 5.91 Å². The summed E-state index contributed by atoms with van der Waals surface area (Å²) in [6.07, 6.45) is 4.27. The topological polar surface area (TPSA) is 66.4 Å². The Hall–Kier alpha value is -1.06. The SMILES string of the molecule is CCCCCC(C)NC(=O)C(C)C(=O)O. The number of amides is 1. The molecule has 2 unspecified atom stereocenters. The van der Waals surface area contributed by atoms with Gasteiger partial charge in [0, 0.05) is 6.04 Å². The van der Waals surface area contributed by atoms with Crippen LogP contribution < -0.4 is 5.32 Å². The van der Waals surface area contributed by atoms with Crippen LogP contribution in [0.2, 0.25) is 0 Å². The Balaban J connectivity index is 3.80. The summed E-state index contributed by atoms with van der Waals surface area (Å²) in [5.41, 5.74) is 0. The van der Waals surface area contributed by atoms with E-state index in [2.05, 4.69) is 12.2 Å². The van der Waals surface area contributed by atoms with Crippen molar-refractivity contribution < 1.29 is 14.7 Å². The largest absolute Gasteiger partial charge is 0.481 e. The highest BCUT2D eigenvalue weighted by molar-refractivity contribution is 5.96. The van der Waals surface area contributed by atoms with E-state index in [0.29, 0.717) is 0 Å². The summed E-state index contributed by atoms with van der Waals surface area (Å²) < 4.78 is 0. The van der Waals surface area contributed by atoms with Gasteiger partial charge in [0.15, 0.2) is 0 Å². The molecule has 2 N–H and O–H groups in total. The average molecular weight is 215 g/mol. The van der Waals surface area contributed by atoms with E-state index in [9.17, 15) is 9.59 Å². The number of unbranched alkanes of at least 4 members (excludes halogenated alkanes) is 2. The lowest BCUT2D eigenvalue weighted by atomic mass is 10.1. The molecule has 0 radical (unpaired) electrons. The van der Waals surface area contributed by atoms with Crippen LogP contribution in [0.15, 0.2) is 0 Å². The number of carbonyl (C=O) groups is 2. The van der Waals surface area contributed by atoms with Crippen LogP contribution in [0.4, 0.5) is 0 Å². The van der Waals surface area contributed by atoms with Crippen molar-refractivity contribution in [2.45, 2.75) is 52.5 Å². The molecule has 0 aromatic heterocycles. The van der Waals surface area contributed by atoms with Gasteiger partial charge in [0.1, 0.15) is 5.92 Å². The fourth-order valence-electron chi connectivity index (χ4n) is 1.25. The molecule has 0 saturated carbocycles. The van der Waals surface area contributed by atoms with E-state index in [1.54, 1.807) is 0 Å². The molecule has 0 heterocycles. The Morgan fingerprint density at radius 2 is 1.87 bits per heavy atom. The zero-order chi connectivity index (χ0) is 11.8. The van der Waals surface area contributed by atoms with E-state index in [1.165, 1.54) is 6.92 Å². The minimum Gasteiger partial charge on any atom is -0.481 e. The summed E-state index contributed by atoms with van der Waals surface area (Å²) in [7, 11) is 0. The second-order valence-electron chi connectivity index (χ2n) is 3.97. The summed E-state index contributed by atoms with van der Waals surface area (Å²) >= 11 is 0. The number of carboxylic acid groups (broad SMARTS) is 1. The Labute approximate surface area is 91.1 Å². The molecule has 0 aliphatic heterocycles. The first kappa shape index (κ1) is 13.9. The van der Waals surface area contributed by atoms with E-state index in [0.717, 1.165) is 25.7 Å². The quantitative estimate of drug-likeness (QED) is 0.502. The summed E-state index contributed by atoms with van der Waals surface area (Å²) in [4.78, 5) is 21.9. The number of hydrogen-bond donors (Lipinski definition) is 2. The van der Waals surface area contributed by atoms with Crippen LogP contribution >= 0.6 is 0 Å². The molecule has 0 rings (SSSR count). The van der Waals surface area contributed by atoms with E-state index in [4.69, 9.17) is 5.11 Å². The predicted molar refractivity (Wildman–Crippen MR) is 58.5 cm³/mol. The van der Waals surface area contributed by atoms with Gasteiger partial charge in [-0.2, -0.15) is 0 Å². The van der Waals surface area contributed by atoms with Crippen LogP contribution in [0.5, 0.6) is 0 Å². The highest BCUT2D eigenvalue weighted by Crippen LogP contribution is 2.04. The van der Waals surface area contributed by atoms with Crippen LogP contribution in [0, 0.1) is 5.92 Å². The van der Waals surface area contributed by atoms with Crippen LogP contribution in [0.3, 0.4) is 0 Å². The van der Waals surface area contributed by atoms with Crippen LogP contribution in [0.25, 0.3) is 0 Å². The predicted octanol–water partition coefficient (Wildman–Crippen LogP) is 1.79. The number of hydrogen-bond acceptors (Lipinski definition) is 2. The minimum atomic E-state index is -1.08. The first-order valence-corrected chi connectivity index (χ1v) is 5.52. The zero-order valence-corrected chi connectivity index (χ0v) is 9.75. The number of rotatable bonds is 7. The highest BCUT2D eigenvalue weighted by atomic mass is 16.4. The number of nitrogens with one attached hydrogen (secondary N) is 1. The third kappa shape index (κ3) is 6.10. The smallest absolute Gasteiger partial charge is 0.315 e. The summed E-state index contributed by atoms with van der Waals surface area (Å²) in [5.74, 6) is -2.43. The fraction of sp³-hybridized carbons (Fsp3) is 0.818. The van der Waals surface area contributed by atoms with Gasteiger partial charge in [-0.1, -0.05) is 26.2 Å². The Morgan fingerprint density at radius 1 is 1.27 bits per heavy atom. The minimum absolute atomic E-state index is 0.0610. The van der Waals surface area contributed by atoms with E-state index >= 15 is 0 Å². The van der Waals surface area contributed by atoms with Crippen LogP contribution in [-0.2, 0) is 9.59 Å². The van der Waals surface area contributed by atoms with Crippen molar-refractivity contribution >= 4 is 11.9 Å². The van der Waals surface area contributed by atoms with Gasteiger partial charge in [0.05, 0.1) is 0 Å². The third-order valence-corrected chi connectivity index (χ3v) is 2.39. The van der Waals surface area contributed by atoms with Gasteiger partial charge in [-0.3, -0.25) is 9.59 Å². The van der Waals surface area contributed by atoms with Gasteiger partial charge in [0.25, 0.3) is 0 Å². The number of aliphatic carboxylic acids is 1.